The summed E-state index contributed by atoms with van der Waals surface area (Å²) in [7, 11) is 2.07. The van der Waals surface area contributed by atoms with Crippen molar-refractivity contribution in [3.8, 4) is 0 Å². The lowest BCUT2D eigenvalue weighted by Crippen LogP contribution is -2.55. The zero-order chi connectivity index (χ0) is 16.4. The Bertz CT molecular complexity index is 535. The number of nitrogens with zero attached hydrogens (tertiary/aromatic N) is 3. The Kier molecular flexibility index (Phi) is 5.09. The lowest BCUT2D eigenvalue weighted by Gasteiger charge is -2.43. The second-order valence-corrected chi connectivity index (χ2v) is 7.01. The average molecular weight is 321 g/mol. The van der Waals surface area contributed by atoms with Gasteiger partial charge in [-0.2, -0.15) is 5.10 Å². The number of hydrogen-bond donors (Lipinski definition) is 0. The van der Waals surface area contributed by atoms with Gasteiger partial charge in [-0.3, -0.25) is 9.58 Å². The summed E-state index contributed by atoms with van der Waals surface area (Å²) in [6, 6.07) is 0. The molecule has 2 aliphatic rings. The highest BCUT2D eigenvalue weighted by Crippen LogP contribution is 2.32. The van der Waals surface area contributed by atoms with E-state index in [1.807, 2.05) is 0 Å². The van der Waals surface area contributed by atoms with Crippen LogP contribution in [0.4, 0.5) is 0 Å². The number of morpholine rings is 1. The predicted octanol–water partition coefficient (Wildman–Crippen LogP) is 2.31. The molecule has 3 heterocycles. The van der Waals surface area contributed by atoms with Gasteiger partial charge in [-0.25, -0.2) is 0 Å². The molecule has 2 fully saturated rings. The maximum absolute atomic E-state index is 6.38. The van der Waals surface area contributed by atoms with Gasteiger partial charge < -0.3 is 9.47 Å². The van der Waals surface area contributed by atoms with Gasteiger partial charge in [0.2, 0.25) is 0 Å². The van der Waals surface area contributed by atoms with Gasteiger partial charge >= 0.3 is 0 Å². The lowest BCUT2D eigenvalue weighted by atomic mass is 9.97. The van der Waals surface area contributed by atoms with Crippen LogP contribution in [0.1, 0.15) is 50.6 Å². The van der Waals surface area contributed by atoms with Crippen molar-refractivity contribution < 1.29 is 9.47 Å². The van der Waals surface area contributed by atoms with Crippen LogP contribution < -0.4 is 0 Å². The highest BCUT2D eigenvalue weighted by Gasteiger charge is 2.43. The molecule has 1 aromatic rings. The van der Waals surface area contributed by atoms with Gasteiger partial charge in [-0.05, 0) is 19.3 Å². The third-order valence-corrected chi connectivity index (χ3v) is 5.32. The Labute approximate surface area is 139 Å². The van der Waals surface area contributed by atoms with Crippen LogP contribution in [0.15, 0.2) is 0 Å². The molecule has 0 aliphatic carbocycles. The van der Waals surface area contributed by atoms with E-state index in [0.717, 1.165) is 58.5 Å². The van der Waals surface area contributed by atoms with Gasteiger partial charge in [0.05, 0.1) is 18.4 Å². The SMILES string of the molecule is CCc1nn(C)c(CC)c1CN1C[C@H](CC)O[C@@]2(CCOC2)C1. The average Bonchev–Trinajstić information content (AvgIpc) is 3.11. The smallest absolute Gasteiger partial charge is 0.107 e. The molecule has 0 saturated carbocycles. The molecule has 23 heavy (non-hydrogen) atoms. The third-order valence-electron chi connectivity index (χ3n) is 5.32. The normalized spacial score (nSPS) is 28.8. The zero-order valence-corrected chi connectivity index (χ0v) is 15.1. The summed E-state index contributed by atoms with van der Waals surface area (Å²) in [5.41, 5.74) is 3.97. The quantitative estimate of drug-likeness (QED) is 0.834. The van der Waals surface area contributed by atoms with Crippen molar-refractivity contribution in [3.63, 3.8) is 0 Å². The van der Waals surface area contributed by atoms with Gasteiger partial charge in [0.15, 0.2) is 0 Å². The Morgan fingerprint density at radius 1 is 1.26 bits per heavy atom. The summed E-state index contributed by atoms with van der Waals surface area (Å²) in [6.45, 7) is 11.2. The van der Waals surface area contributed by atoms with Crippen molar-refractivity contribution in [3.05, 3.63) is 17.0 Å². The standard InChI is InChI=1S/C18H31N3O2/c1-5-14-10-21(12-18(23-14)8-9-22-13-18)11-15-16(6-2)19-20(4)17(15)7-3/h14H,5-13H2,1-4H3/t14-,18-/m0/s1. The number of aromatic nitrogens is 2. The van der Waals surface area contributed by atoms with Gasteiger partial charge in [-0.1, -0.05) is 20.8 Å². The molecule has 0 bridgehead atoms. The molecule has 3 rings (SSSR count). The van der Waals surface area contributed by atoms with Crippen molar-refractivity contribution in [2.45, 2.75) is 64.7 Å². The molecule has 2 aliphatic heterocycles. The summed E-state index contributed by atoms with van der Waals surface area (Å²) in [6.07, 6.45) is 4.44. The highest BCUT2D eigenvalue weighted by atomic mass is 16.6. The van der Waals surface area contributed by atoms with E-state index in [9.17, 15) is 0 Å². The summed E-state index contributed by atoms with van der Waals surface area (Å²) in [5, 5.41) is 4.73. The second kappa shape index (κ2) is 6.91. The topological polar surface area (TPSA) is 39.5 Å². The number of hydrogen-bond acceptors (Lipinski definition) is 4. The Morgan fingerprint density at radius 3 is 2.70 bits per heavy atom. The molecular weight excluding hydrogens is 290 g/mol. The highest BCUT2D eigenvalue weighted by molar-refractivity contribution is 5.27. The van der Waals surface area contributed by atoms with Crippen molar-refractivity contribution in [1.29, 1.82) is 0 Å². The first-order valence-electron chi connectivity index (χ1n) is 9.12. The predicted molar refractivity (Wildman–Crippen MR) is 90.6 cm³/mol. The van der Waals surface area contributed by atoms with Crippen molar-refractivity contribution in [2.75, 3.05) is 26.3 Å². The number of ether oxygens (including phenoxy) is 2. The third kappa shape index (κ3) is 3.32. The Hall–Kier alpha value is -0.910. The van der Waals surface area contributed by atoms with Gasteiger partial charge in [0, 0.05) is 51.0 Å². The molecule has 130 valence electrons. The molecule has 0 aromatic carbocycles. The maximum atomic E-state index is 6.38. The molecule has 2 atom stereocenters. The Balaban J connectivity index is 1.81. The fourth-order valence-electron chi connectivity index (χ4n) is 4.12. The van der Waals surface area contributed by atoms with Crippen LogP contribution in [-0.4, -0.2) is 52.7 Å². The molecular formula is C18H31N3O2. The largest absolute Gasteiger partial charge is 0.378 e. The molecule has 0 amide bonds. The van der Waals surface area contributed by atoms with E-state index in [4.69, 9.17) is 14.6 Å². The molecule has 0 N–H and O–H groups in total. The maximum Gasteiger partial charge on any atom is 0.107 e. The van der Waals surface area contributed by atoms with Crippen LogP contribution in [0.25, 0.3) is 0 Å². The van der Waals surface area contributed by atoms with Crippen molar-refractivity contribution >= 4 is 0 Å². The van der Waals surface area contributed by atoms with Crippen LogP contribution >= 0.6 is 0 Å². The summed E-state index contributed by atoms with van der Waals surface area (Å²) >= 11 is 0. The van der Waals surface area contributed by atoms with E-state index < -0.39 is 0 Å². The van der Waals surface area contributed by atoms with E-state index >= 15 is 0 Å². The van der Waals surface area contributed by atoms with Crippen molar-refractivity contribution in [2.24, 2.45) is 7.05 Å². The first-order chi connectivity index (χ1) is 11.1. The molecule has 0 radical (unpaired) electrons. The minimum atomic E-state index is -0.0834. The van der Waals surface area contributed by atoms with Crippen LogP contribution in [0.3, 0.4) is 0 Å². The van der Waals surface area contributed by atoms with Crippen LogP contribution in [-0.2, 0) is 35.9 Å². The zero-order valence-electron chi connectivity index (χ0n) is 15.1. The lowest BCUT2D eigenvalue weighted by molar-refractivity contribution is -0.156. The van der Waals surface area contributed by atoms with E-state index in [1.165, 1.54) is 17.0 Å². The molecule has 0 unspecified atom stereocenters. The summed E-state index contributed by atoms with van der Waals surface area (Å²) in [5.74, 6) is 0. The van der Waals surface area contributed by atoms with Gasteiger partial charge in [0.1, 0.15) is 5.60 Å². The van der Waals surface area contributed by atoms with Crippen molar-refractivity contribution in [1.82, 2.24) is 14.7 Å². The van der Waals surface area contributed by atoms with Crippen LogP contribution in [0.2, 0.25) is 0 Å². The molecule has 2 saturated heterocycles. The van der Waals surface area contributed by atoms with E-state index in [1.54, 1.807) is 0 Å². The molecule has 1 aromatic heterocycles. The number of rotatable bonds is 5. The van der Waals surface area contributed by atoms with E-state index in [2.05, 4.69) is 37.4 Å². The van der Waals surface area contributed by atoms with Gasteiger partial charge in [-0.15, -0.1) is 0 Å². The molecule has 5 nitrogen and oxygen atoms in total. The number of aryl methyl sites for hydroxylation is 2. The minimum Gasteiger partial charge on any atom is -0.378 e. The monoisotopic (exact) mass is 321 g/mol. The first kappa shape index (κ1) is 16.9. The van der Waals surface area contributed by atoms with Crippen LogP contribution in [0, 0.1) is 0 Å². The van der Waals surface area contributed by atoms with E-state index in [-0.39, 0.29) is 5.60 Å². The van der Waals surface area contributed by atoms with Gasteiger partial charge in [0.25, 0.3) is 0 Å². The van der Waals surface area contributed by atoms with E-state index in [0.29, 0.717) is 6.10 Å². The molecule has 5 heteroatoms. The minimum absolute atomic E-state index is 0.0834. The summed E-state index contributed by atoms with van der Waals surface area (Å²) < 4.78 is 14.1. The second-order valence-electron chi connectivity index (χ2n) is 7.01. The Morgan fingerprint density at radius 2 is 2.09 bits per heavy atom. The fraction of sp³-hybridized carbons (Fsp3) is 0.833. The molecule has 1 spiro atoms. The van der Waals surface area contributed by atoms with Crippen LogP contribution in [0.5, 0.6) is 0 Å². The first-order valence-corrected chi connectivity index (χ1v) is 9.12. The fourth-order valence-corrected chi connectivity index (χ4v) is 4.12. The summed E-state index contributed by atoms with van der Waals surface area (Å²) in [4.78, 5) is 2.57.